The predicted molar refractivity (Wildman–Crippen MR) is 77.4 cm³/mol. The molecule has 132 valence electrons. The average Bonchev–Trinajstić information content (AvgIpc) is 2.30. The molecule has 0 spiro atoms. The Morgan fingerprint density at radius 3 is 1.29 bits per heavy atom. The second-order valence-corrected chi connectivity index (χ2v) is 3.58. The number of alkyl halides is 3. The minimum Gasteiger partial charge on any atom is -0.397 e. The van der Waals surface area contributed by atoms with Crippen molar-refractivity contribution < 1.29 is 54.7 Å². The zero-order chi connectivity index (χ0) is 16.9. The normalized spacial score (nSPS) is 8.86. The van der Waals surface area contributed by atoms with Gasteiger partial charge in [-0.05, 0) is 27.2 Å². The molecule has 0 rings (SSSR count). The van der Waals surface area contributed by atoms with Gasteiger partial charge in [0.15, 0.2) is 0 Å². The maximum atomic E-state index is 11.6. The Morgan fingerprint density at radius 1 is 0.762 bits per heavy atom. The molecule has 0 fully saturated rings. The van der Waals surface area contributed by atoms with E-state index < -0.39 is 12.6 Å². The molecule has 21 heavy (non-hydrogen) atoms. The number of halogens is 3. The van der Waals surface area contributed by atoms with Gasteiger partial charge < -0.3 is 22.2 Å². The van der Waals surface area contributed by atoms with Crippen LogP contribution < -0.4 is 0 Å². The molecule has 0 aromatic carbocycles. The van der Waals surface area contributed by atoms with Crippen LogP contribution in [-0.2, 0) is 26.2 Å². The molecule has 0 bridgehead atoms. The summed E-state index contributed by atoms with van der Waals surface area (Å²) in [7, 11) is 0. The number of aliphatic hydroxyl groups excluding tert-OH is 3. The maximum Gasteiger partial charge on any atom is 0.389 e. The summed E-state index contributed by atoms with van der Waals surface area (Å²) < 4.78 is 34.7. The van der Waals surface area contributed by atoms with Crippen LogP contribution in [0.1, 0.15) is 59.3 Å². The zero-order valence-electron chi connectivity index (χ0n) is 13.5. The molecular weight excluding hydrogens is 364 g/mol. The minimum absolute atomic E-state index is 0. The second-order valence-electron chi connectivity index (χ2n) is 3.58. The third kappa shape index (κ3) is 96.7. The average molecular weight is 397 g/mol. The van der Waals surface area contributed by atoms with Crippen LogP contribution in [0.3, 0.4) is 0 Å². The smallest absolute Gasteiger partial charge is 0.389 e. The summed E-state index contributed by atoms with van der Waals surface area (Å²) in [4.78, 5) is 0. The van der Waals surface area contributed by atoms with Crippen LogP contribution in [0.25, 0.3) is 0 Å². The van der Waals surface area contributed by atoms with Crippen LogP contribution >= 0.6 is 0 Å². The van der Waals surface area contributed by atoms with E-state index in [4.69, 9.17) is 15.3 Å². The summed E-state index contributed by atoms with van der Waals surface area (Å²) in [6.07, 6.45) is -1.02. The Labute approximate surface area is 147 Å². The van der Waals surface area contributed by atoms with E-state index in [-0.39, 0.29) is 52.4 Å². The van der Waals surface area contributed by atoms with Gasteiger partial charge in [-0.1, -0.05) is 19.3 Å². The van der Waals surface area contributed by atoms with Crippen LogP contribution in [0.4, 0.5) is 13.2 Å². The van der Waals surface area contributed by atoms with E-state index >= 15 is 0 Å². The van der Waals surface area contributed by atoms with Gasteiger partial charge in [-0.25, -0.2) is 0 Å². The molecule has 0 atom stereocenters. The van der Waals surface area contributed by atoms with Gasteiger partial charge >= 0.3 is 6.18 Å². The van der Waals surface area contributed by atoms with Crippen LogP contribution in [0.5, 0.6) is 0 Å². The molecule has 3 N–H and O–H groups in total. The number of hydrogen-bond donors (Lipinski definition) is 3. The van der Waals surface area contributed by atoms with Gasteiger partial charge in [0.2, 0.25) is 0 Å². The predicted octanol–water partition coefficient (Wildman–Crippen LogP) is 3.72. The number of rotatable bonds is 5. The van der Waals surface area contributed by atoms with Crippen molar-refractivity contribution in [1.29, 1.82) is 0 Å². The fourth-order valence-electron chi connectivity index (χ4n) is 0.856. The van der Waals surface area contributed by atoms with Crippen LogP contribution in [-0.4, -0.2) is 41.3 Å². The van der Waals surface area contributed by atoms with E-state index in [2.05, 4.69) is 6.92 Å². The largest absolute Gasteiger partial charge is 0.397 e. The molecule has 0 aromatic heterocycles. The van der Waals surface area contributed by atoms with Gasteiger partial charge in [0.1, 0.15) is 0 Å². The molecule has 0 saturated carbocycles. The topological polar surface area (TPSA) is 60.7 Å². The Bertz CT molecular complexity index is 132. The van der Waals surface area contributed by atoms with E-state index in [0.717, 1.165) is 19.3 Å². The summed E-state index contributed by atoms with van der Waals surface area (Å²) in [5, 5.41) is 22.7. The van der Waals surface area contributed by atoms with Gasteiger partial charge in [0.25, 0.3) is 0 Å². The standard InChI is InChI=1S/C8H14F3.3C2H6O.Zr/c1-2-3-4-5-6-7-8(9,10)11;3*1-2-3;/h1-7H2;3*3H,2H2,1H3;/q-1;;;;. The van der Waals surface area contributed by atoms with E-state index in [1.54, 1.807) is 20.8 Å². The van der Waals surface area contributed by atoms with Crippen molar-refractivity contribution in [3.63, 3.8) is 0 Å². The van der Waals surface area contributed by atoms with E-state index in [9.17, 15) is 13.2 Å². The van der Waals surface area contributed by atoms with Crippen molar-refractivity contribution in [2.45, 2.75) is 65.5 Å². The Hall–Kier alpha value is 0.553. The van der Waals surface area contributed by atoms with Gasteiger partial charge in [0, 0.05) is 52.4 Å². The first-order valence-electron chi connectivity index (χ1n) is 6.99. The Morgan fingerprint density at radius 2 is 1.05 bits per heavy atom. The molecule has 3 nitrogen and oxygen atoms in total. The number of aliphatic hydroxyl groups is 3. The SMILES string of the molecule is CCO.CCO.CCO.[CH2-]CCCCCCC(F)(F)F.[Zr]. The summed E-state index contributed by atoms with van der Waals surface area (Å²) in [5.74, 6) is 0. The van der Waals surface area contributed by atoms with Crippen LogP contribution in [0, 0.1) is 6.92 Å². The maximum absolute atomic E-state index is 11.6. The second kappa shape index (κ2) is 32.5. The number of unbranched alkanes of at least 4 members (excludes halogenated alkanes) is 4. The summed E-state index contributed by atoms with van der Waals surface area (Å²) in [6.45, 7) is 9.40. The Balaban J connectivity index is -0.0000000711. The van der Waals surface area contributed by atoms with Gasteiger partial charge in [0.05, 0.1) is 0 Å². The minimum atomic E-state index is -3.97. The molecule has 0 amide bonds. The van der Waals surface area contributed by atoms with Gasteiger partial charge in [-0.2, -0.15) is 19.6 Å². The third-order valence-corrected chi connectivity index (χ3v) is 1.46. The molecule has 0 aliphatic heterocycles. The van der Waals surface area contributed by atoms with Crippen LogP contribution in [0.2, 0.25) is 0 Å². The molecule has 0 aliphatic rings. The van der Waals surface area contributed by atoms with Crippen molar-refractivity contribution in [2.24, 2.45) is 0 Å². The molecule has 7 heteroatoms. The van der Waals surface area contributed by atoms with Gasteiger partial charge in [-0.15, -0.1) is 0 Å². The van der Waals surface area contributed by atoms with Crippen molar-refractivity contribution in [3.8, 4) is 0 Å². The first-order chi connectivity index (χ1) is 9.30. The van der Waals surface area contributed by atoms with Crippen molar-refractivity contribution >= 4 is 0 Å². The number of hydrogen-bond acceptors (Lipinski definition) is 3. The fraction of sp³-hybridized carbons (Fsp3) is 0.929. The molecule has 0 aromatic rings. The van der Waals surface area contributed by atoms with Crippen LogP contribution in [0.15, 0.2) is 0 Å². The van der Waals surface area contributed by atoms with Crippen molar-refractivity contribution in [2.75, 3.05) is 19.8 Å². The summed E-state index contributed by atoms with van der Waals surface area (Å²) >= 11 is 0. The molecule has 0 aliphatic carbocycles. The summed E-state index contributed by atoms with van der Waals surface area (Å²) in [5.41, 5.74) is 0. The summed E-state index contributed by atoms with van der Waals surface area (Å²) in [6, 6.07) is 0. The first-order valence-corrected chi connectivity index (χ1v) is 6.99. The molecule has 0 unspecified atom stereocenters. The van der Waals surface area contributed by atoms with E-state index in [0.29, 0.717) is 6.42 Å². The third-order valence-electron chi connectivity index (χ3n) is 1.46. The molecule has 0 radical (unpaired) electrons. The first kappa shape index (κ1) is 33.2. The quantitative estimate of drug-likeness (QED) is 0.490. The van der Waals surface area contributed by atoms with Crippen molar-refractivity contribution in [3.05, 3.63) is 6.92 Å². The zero-order valence-corrected chi connectivity index (χ0v) is 16.0. The van der Waals surface area contributed by atoms with E-state index in [1.807, 2.05) is 0 Å². The Kier molecular flexibility index (Phi) is 51.4. The molecule has 0 saturated heterocycles. The van der Waals surface area contributed by atoms with Gasteiger partial charge in [-0.3, -0.25) is 0 Å². The molecular formula is C14H32F3O3Zr-. The monoisotopic (exact) mass is 395 g/mol. The molecule has 0 heterocycles. The fourth-order valence-corrected chi connectivity index (χ4v) is 0.856. The van der Waals surface area contributed by atoms with E-state index in [1.165, 1.54) is 0 Å². The van der Waals surface area contributed by atoms with Crippen molar-refractivity contribution in [1.82, 2.24) is 0 Å².